The smallest absolute Gasteiger partial charge is 0.131 e. The third kappa shape index (κ3) is 6.08. The zero-order valence-electron chi connectivity index (χ0n) is 16.0. The lowest BCUT2D eigenvalue weighted by molar-refractivity contribution is 0.300. The van der Waals surface area contributed by atoms with E-state index < -0.39 is 0 Å². The average molecular weight is 398 g/mol. The molecule has 0 fully saturated rings. The van der Waals surface area contributed by atoms with Crippen molar-refractivity contribution in [2.45, 2.75) is 39.0 Å². The monoisotopic (exact) mass is 397 g/mol. The molecule has 1 N–H and O–H groups in total. The SMILES string of the molecule is CC(CCc1ccccc1)NCc1ccc(OCc2c(F)cccc2Cl)cc1. The topological polar surface area (TPSA) is 21.3 Å². The number of ether oxygens (including phenoxy) is 1. The van der Waals surface area contributed by atoms with E-state index in [4.69, 9.17) is 16.3 Å². The second-order valence-electron chi connectivity index (χ2n) is 6.94. The molecule has 1 atom stereocenters. The molecule has 4 heteroatoms. The summed E-state index contributed by atoms with van der Waals surface area (Å²) >= 11 is 6.03. The Labute approximate surface area is 171 Å². The van der Waals surface area contributed by atoms with Crippen molar-refractivity contribution >= 4 is 11.6 Å². The molecule has 0 aliphatic heterocycles. The highest BCUT2D eigenvalue weighted by molar-refractivity contribution is 6.31. The van der Waals surface area contributed by atoms with Crippen molar-refractivity contribution in [1.29, 1.82) is 0 Å². The molecule has 146 valence electrons. The fourth-order valence-corrected chi connectivity index (χ4v) is 3.17. The van der Waals surface area contributed by atoms with Crippen LogP contribution >= 0.6 is 11.6 Å². The molecule has 0 heterocycles. The number of rotatable bonds is 9. The minimum atomic E-state index is -0.349. The van der Waals surface area contributed by atoms with Crippen molar-refractivity contribution in [3.63, 3.8) is 0 Å². The lowest BCUT2D eigenvalue weighted by atomic mass is 10.1. The van der Waals surface area contributed by atoms with Crippen LogP contribution in [0.3, 0.4) is 0 Å². The molecule has 0 amide bonds. The number of nitrogens with one attached hydrogen (secondary N) is 1. The molecule has 0 aromatic heterocycles. The van der Waals surface area contributed by atoms with E-state index in [0.717, 1.165) is 19.4 Å². The number of halogens is 2. The van der Waals surface area contributed by atoms with E-state index in [2.05, 4.69) is 36.5 Å². The molecule has 0 saturated carbocycles. The van der Waals surface area contributed by atoms with Gasteiger partial charge in [-0.15, -0.1) is 0 Å². The number of hydrogen-bond donors (Lipinski definition) is 1. The van der Waals surface area contributed by atoms with Gasteiger partial charge in [-0.25, -0.2) is 4.39 Å². The molecule has 0 saturated heterocycles. The van der Waals surface area contributed by atoms with Gasteiger partial charge >= 0.3 is 0 Å². The fourth-order valence-electron chi connectivity index (χ4n) is 2.95. The highest BCUT2D eigenvalue weighted by atomic mass is 35.5. The van der Waals surface area contributed by atoms with Crippen LogP contribution in [0, 0.1) is 5.82 Å². The third-order valence-electron chi connectivity index (χ3n) is 4.73. The van der Waals surface area contributed by atoms with Gasteiger partial charge in [-0.2, -0.15) is 0 Å². The Balaban J connectivity index is 1.44. The van der Waals surface area contributed by atoms with Crippen LogP contribution < -0.4 is 10.1 Å². The van der Waals surface area contributed by atoms with Gasteiger partial charge in [-0.3, -0.25) is 0 Å². The van der Waals surface area contributed by atoms with Gasteiger partial charge < -0.3 is 10.1 Å². The van der Waals surface area contributed by atoms with Crippen LogP contribution in [0.1, 0.15) is 30.0 Å². The summed E-state index contributed by atoms with van der Waals surface area (Å²) in [5.41, 5.74) is 2.93. The van der Waals surface area contributed by atoms with Gasteiger partial charge in [0.1, 0.15) is 18.2 Å². The van der Waals surface area contributed by atoms with E-state index in [9.17, 15) is 4.39 Å². The summed E-state index contributed by atoms with van der Waals surface area (Å²) in [6.07, 6.45) is 2.16. The summed E-state index contributed by atoms with van der Waals surface area (Å²) in [5.74, 6) is 0.345. The minimum absolute atomic E-state index is 0.111. The average Bonchev–Trinajstić information content (AvgIpc) is 2.72. The minimum Gasteiger partial charge on any atom is -0.489 e. The van der Waals surface area contributed by atoms with Crippen LogP contribution in [-0.4, -0.2) is 6.04 Å². The lowest BCUT2D eigenvalue weighted by Crippen LogP contribution is -2.25. The summed E-state index contributed by atoms with van der Waals surface area (Å²) in [6.45, 7) is 3.12. The Bertz CT molecular complexity index is 847. The Morgan fingerprint density at radius 2 is 1.68 bits per heavy atom. The van der Waals surface area contributed by atoms with Gasteiger partial charge in [0.25, 0.3) is 0 Å². The Morgan fingerprint density at radius 1 is 0.929 bits per heavy atom. The molecule has 3 aromatic rings. The molecule has 0 spiro atoms. The fraction of sp³-hybridized carbons (Fsp3) is 0.250. The van der Waals surface area contributed by atoms with E-state index in [-0.39, 0.29) is 12.4 Å². The van der Waals surface area contributed by atoms with Gasteiger partial charge in [0, 0.05) is 18.2 Å². The first kappa shape index (κ1) is 20.4. The largest absolute Gasteiger partial charge is 0.489 e. The van der Waals surface area contributed by atoms with Crippen LogP contribution in [-0.2, 0) is 19.6 Å². The van der Waals surface area contributed by atoms with Gasteiger partial charge in [0.15, 0.2) is 0 Å². The number of hydrogen-bond acceptors (Lipinski definition) is 2. The van der Waals surface area contributed by atoms with Crippen molar-refractivity contribution < 1.29 is 9.13 Å². The van der Waals surface area contributed by atoms with Crippen LogP contribution in [0.2, 0.25) is 5.02 Å². The van der Waals surface area contributed by atoms with Crippen molar-refractivity contribution in [2.24, 2.45) is 0 Å². The first-order chi connectivity index (χ1) is 13.6. The van der Waals surface area contributed by atoms with Gasteiger partial charge in [-0.1, -0.05) is 60.1 Å². The molecule has 3 aromatic carbocycles. The van der Waals surface area contributed by atoms with Crippen LogP contribution in [0.25, 0.3) is 0 Å². The third-order valence-corrected chi connectivity index (χ3v) is 5.09. The van der Waals surface area contributed by atoms with E-state index in [1.807, 2.05) is 30.3 Å². The van der Waals surface area contributed by atoms with Crippen molar-refractivity contribution in [3.8, 4) is 5.75 Å². The van der Waals surface area contributed by atoms with E-state index in [1.165, 1.54) is 17.2 Å². The zero-order valence-corrected chi connectivity index (χ0v) is 16.8. The van der Waals surface area contributed by atoms with Crippen LogP contribution in [0.5, 0.6) is 5.75 Å². The maximum atomic E-state index is 13.8. The van der Waals surface area contributed by atoms with E-state index >= 15 is 0 Å². The molecule has 0 radical (unpaired) electrons. The standard InChI is InChI=1S/C24H25ClFNO/c1-18(10-11-19-6-3-2-4-7-19)27-16-20-12-14-21(15-13-20)28-17-22-23(25)8-5-9-24(22)26/h2-9,12-15,18,27H,10-11,16-17H2,1H3. The summed E-state index contributed by atoms with van der Waals surface area (Å²) in [6, 6.07) is 23.5. The number of aryl methyl sites for hydroxylation is 1. The molecule has 3 rings (SSSR count). The maximum absolute atomic E-state index is 13.8. The predicted octanol–water partition coefficient (Wildman–Crippen LogP) is 6.17. The summed E-state index contributed by atoms with van der Waals surface area (Å²) < 4.78 is 19.5. The molecule has 0 bridgehead atoms. The van der Waals surface area contributed by atoms with Gasteiger partial charge in [0.2, 0.25) is 0 Å². The highest BCUT2D eigenvalue weighted by Gasteiger charge is 2.08. The summed E-state index contributed by atoms with van der Waals surface area (Å²) in [7, 11) is 0. The first-order valence-corrected chi connectivity index (χ1v) is 9.91. The van der Waals surface area contributed by atoms with Crippen molar-refractivity contribution in [2.75, 3.05) is 0 Å². The van der Waals surface area contributed by atoms with Crippen molar-refractivity contribution in [1.82, 2.24) is 5.32 Å². The quantitative estimate of drug-likeness (QED) is 0.466. The van der Waals surface area contributed by atoms with Gasteiger partial charge in [-0.05, 0) is 55.2 Å². The first-order valence-electron chi connectivity index (χ1n) is 9.54. The van der Waals surface area contributed by atoms with Crippen LogP contribution in [0.4, 0.5) is 4.39 Å². The Hall–Kier alpha value is -2.36. The Morgan fingerprint density at radius 3 is 2.39 bits per heavy atom. The second-order valence-corrected chi connectivity index (χ2v) is 7.35. The summed E-state index contributed by atoms with van der Waals surface area (Å²) in [4.78, 5) is 0. The van der Waals surface area contributed by atoms with Crippen LogP contribution in [0.15, 0.2) is 72.8 Å². The normalized spacial score (nSPS) is 12.0. The molecule has 0 aliphatic rings. The van der Waals surface area contributed by atoms with Crippen molar-refractivity contribution in [3.05, 3.63) is 100 Å². The molecule has 1 unspecified atom stereocenters. The molecule has 0 aliphatic carbocycles. The number of benzene rings is 3. The van der Waals surface area contributed by atoms with E-state index in [1.54, 1.807) is 12.1 Å². The molecular weight excluding hydrogens is 373 g/mol. The summed E-state index contributed by atoms with van der Waals surface area (Å²) in [5, 5.41) is 3.93. The zero-order chi connectivity index (χ0) is 19.8. The Kier molecular flexibility index (Phi) is 7.46. The second kappa shape index (κ2) is 10.3. The molecular formula is C24H25ClFNO. The van der Waals surface area contributed by atoms with E-state index in [0.29, 0.717) is 22.4 Å². The molecule has 2 nitrogen and oxygen atoms in total. The predicted molar refractivity (Wildman–Crippen MR) is 113 cm³/mol. The molecule has 28 heavy (non-hydrogen) atoms. The highest BCUT2D eigenvalue weighted by Crippen LogP contribution is 2.21. The lowest BCUT2D eigenvalue weighted by Gasteiger charge is -2.14. The maximum Gasteiger partial charge on any atom is 0.131 e. The van der Waals surface area contributed by atoms with Gasteiger partial charge in [0.05, 0.1) is 5.02 Å².